The highest BCUT2D eigenvalue weighted by Crippen LogP contribution is 2.42. The molecule has 0 aromatic heterocycles. The lowest BCUT2D eigenvalue weighted by atomic mass is 10.1. The number of hydrogen-bond acceptors (Lipinski definition) is 4. The van der Waals surface area contributed by atoms with Gasteiger partial charge in [-0.3, -0.25) is 0 Å². The van der Waals surface area contributed by atoms with E-state index in [0.29, 0.717) is 12.0 Å². The first-order chi connectivity index (χ1) is 8.60. The SMILES string of the molecule is CCc1ccc(SC(F)(F)F)c(S(=O)(=O)Cl)c1C#N. The van der Waals surface area contributed by atoms with Gasteiger partial charge in [0.25, 0.3) is 9.05 Å². The van der Waals surface area contributed by atoms with Crippen molar-refractivity contribution in [2.45, 2.75) is 28.6 Å². The number of aryl methyl sites for hydroxylation is 1. The Labute approximate surface area is 116 Å². The number of benzene rings is 1. The van der Waals surface area contributed by atoms with E-state index in [1.165, 1.54) is 6.07 Å². The summed E-state index contributed by atoms with van der Waals surface area (Å²) >= 11 is -0.612. The van der Waals surface area contributed by atoms with Crippen LogP contribution in [-0.4, -0.2) is 13.9 Å². The summed E-state index contributed by atoms with van der Waals surface area (Å²) in [5.41, 5.74) is -4.68. The Morgan fingerprint density at radius 3 is 2.37 bits per heavy atom. The molecule has 0 radical (unpaired) electrons. The van der Waals surface area contributed by atoms with Crippen molar-refractivity contribution in [1.29, 1.82) is 5.26 Å². The summed E-state index contributed by atoms with van der Waals surface area (Å²) in [6, 6.07) is 3.90. The van der Waals surface area contributed by atoms with Crippen LogP contribution in [0.4, 0.5) is 13.2 Å². The van der Waals surface area contributed by atoms with E-state index in [1.807, 2.05) is 0 Å². The van der Waals surface area contributed by atoms with Crippen LogP contribution in [0.25, 0.3) is 0 Å². The smallest absolute Gasteiger partial charge is 0.207 e. The van der Waals surface area contributed by atoms with Crippen LogP contribution in [0.1, 0.15) is 18.1 Å². The van der Waals surface area contributed by atoms with Gasteiger partial charge in [-0.2, -0.15) is 18.4 Å². The Hall–Kier alpha value is -0.910. The topological polar surface area (TPSA) is 57.9 Å². The quantitative estimate of drug-likeness (QED) is 0.627. The predicted molar refractivity (Wildman–Crippen MR) is 65.5 cm³/mol. The van der Waals surface area contributed by atoms with Crippen molar-refractivity contribution in [3.8, 4) is 6.07 Å². The molecule has 1 aromatic rings. The highest BCUT2D eigenvalue weighted by Gasteiger charge is 2.34. The Morgan fingerprint density at radius 1 is 1.42 bits per heavy atom. The van der Waals surface area contributed by atoms with Crippen molar-refractivity contribution in [2.75, 3.05) is 0 Å². The zero-order chi connectivity index (χ0) is 14.8. The van der Waals surface area contributed by atoms with Crippen LogP contribution in [0.5, 0.6) is 0 Å². The summed E-state index contributed by atoms with van der Waals surface area (Å²) in [7, 11) is 0.694. The molecule has 1 rings (SSSR count). The number of nitrogens with zero attached hydrogens (tertiary/aromatic N) is 1. The van der Waals surface area contributed by atoms with Gasteiger partial charge in [0.1, 0.15) is 11.0 Å². The summed E-state index contributed by atoms with van der Waals surface area (Å²) in [5.74, 6) is 0. The number of alkyl halides is 3. The van der Waals surface area contributed by atoms with E-state index in [-0.39, 0.29) is 5.56 Å². The largest absolute Gasteiger partial charge is 0.446 e. The van der Waals surface area contributed by atoms with Gasteiger partial charge in [0.05, 0.1) is 5.56 Å². The normalized spacial score (nSPS) is 12.2. The number of thioether (sulfide) groups is 1. The van der Waals surface area contributed by atoms with E-state index in [2.05, 4.69) is 0 Å². The van der Waals surface area contributed by atoms with Crippen molar-refractivity contribution in [3.05, 3.63) is 23.3 Å². The van der Waals surface area contributed by atoms with Crippen LogP contribution in [0.2, 0.25) is 0 Å². The number of halogens is 4. The third kappa shape index (κ3) is 4.03. The first-order valence-corrected chi connectivity index (χ1v) is 7.99. The van der Waals surface area contributed by atoms with Crippen LogP contribution in [0.3, 0.4) is 0 Å². The minimum absolute atomic E-state index is 0.305. The van der Waals surface area contributed by atoms with E-state index < -0.39 is 36.1 Å². The van der Waals surface area contributed by atoms with Crippen LogP contribution in [-0.2, 0) is 15.5 Å². The zero-order valence-corrected chi connectivity index (χ0v) is 11.8. The maximum atomic E-state index is 12.4. The van der Waals surface area contributed by atoms with Crippen LogP contribution in [0.15, 0.2) is 21.9 Å². The highest BCUT2D eigenvalue weighted by atomic mass is 35.7. The van der Waals surface area contributed by atoms with E-state index in [1.54, 1.807) is 13.0 Å². The summed E-state index contributed by atoms with van der Waals surface area (Å²) < 4.78 is 60.0. The first kappa shape index (κ1) is 16.1. The molecule has 0 aliphatic rings. The van der Waals surface area contributed by atoms with E-state index >= 15 is 0 Å². The third-order valence-corrected chi connectivity index (χ3v) is 4.47. The average Bonchev–Trinajstić information content (AvgIpc) is 2.24. The molecule has 3 nitrogen and oxygen atoms in total. The van der Waals surface area contributed by atoms with Gasteiger partial charge in [0.15, 0.2) is 0 Å². The van der Waals surface area contributed by atoms with Crippen molar-refractivity contribution in [3.63, 3.8) is 0 Å². The summed E-state index contributed by atoms with van der Waals surface area (Å²) in [5, 5.41) is 8.95. The van der Waals surface area contributed by atoms with Crippen molar-refractivity contribution < 1.29 is 21.6 Å². The molecular weight excluding hydrogens is 323 g/mol. The molecular formula is C10H7ClF3NO2S2. The molecule has 1 aromatic carbocycles. The molecule has 0 N–H and O–H groups in total. The molecule has 0 aliphatic carbocycles. The van der Waals surface area contributed by atoms with Gasteiger partial charge in [-0.1, -0.05) is 13.0 Å². The molecule has 0 saturated heterocycles. The maximum Gasteiger partial charge on any atom is 0.446 e. The van der Waals surface area contributed by atoms with Gasteiger partial charge in [-0.05, 0) is 29.8 Å². The fourth-order valence-corrected chi connectivity index (χ4v) is 3.85. The zero-order valence-electron chi connectivity index (χ0n) is 9.45. The van der Waals surface area contributed by atoms with Crippen LogP contribution in [0, 0.1) is 11.3 Å². The molecule has 0 bridgehead atoms. The molecule has 9 heteroatoms. The van der Waals surface area contributed by atoms with Crippen molar-refractivity contribution in [1.82, 2.24) is 0 Å². The fourth-order valence-electron chi connectivity index (χ4n) is 1.47. The minimum Gasteiger partial charge on any atom is -0.207 e. The minimum atomic E-state index is -4.67. The van der Waals surface area contributed by atoms with Crippen LogP contribution < -0.4 is 0 Å². The van der Waals surface area contributed by atoms with Gasteiger partial charge in [0.2, 0.25) is 0 Å². The number of rotatable bonds is 3. The molecule has 0 spiro atoms. The molecule has 0 fully saturated rings. The maximum absolute atomic E-state index is 12.4. The van der Waals surface area contributed by atoms with E-state index in [0.717, 1.165) is 6.07 Å². The Bertz CT molecular complexity index is 635. The highest BCUT2D eigenvalue weighted by molar-refractivity contribution is 8.14. The third-order valence-electron chi connectivity index (χ3n) is 2.17. The lowest BCUT2D eigenvalue weighted by molar-refractivity contribution is -0.0328. The van der Waals surface area contributed by atoms with Crippen molar-refractivity contribution >= 4 is 31.5 Å². The average molecular weight is 330 g/mol. The summed E-state index contributed by atoms with van der Waals surface area (Å²) in [6.45, 7) is 1.65. The molecule has 0 heterocycles. The summed E-state index contributed by atoms with van der Waals surface area (Å²) in [4.78, 5) is -1.38. The Balaban J connectivity index is 3.64. The second kappa shape index (κ2) is 5.61. The number of hydrogen-bond donors (Lipinski definition) is 0. The van der Waals surface area contributed by atoms with E-state index in [4.69, 9.17) is 15.9 Å². The van der Waals surface area contributed by atoms with Crippen molar-refractivity contribution in [2.24, 2.45) is 0 Å². The monoisotopic (exact) mass is 329 g/mol. The second-order valence-electron chi connectivity index (χ2n) is 3.38. The first-order valence-electron chi connectivity index (χ1n) is 4.86. The molecule has 0 amide bonds. The molecule has 0 aliphatic heterocycles. The second-order valence-corrected chi connectivity index (χ2v) is 6.99. The van der Waals surface area contributed by atoms with E-state index in [9.17, 15) is 21.6 Å². The Kier molecular flexibility index (Phi) is 4.76. The molecule has 0 saturated carbocycles. The molecule has 104 valence electrons. The predicted octanol–water partition coefficient (Wildman–Crippen LogP) is 3.66. The van der Waals surface area contributed by atoms with Crippen LogP contribution >= 0.6 is 22.4 Å². The molecule has 0 atom stereocenters. The number of nitriles is 1. The lowest BCUT2D eigenvalue weighted by Crippen LogP contribution is -2.06. The molecule has 19 heavy (non-hydrogen) atoms. The summed E-state index contributed by atoms with van der Waals surface area (Å²) in [6.07, 6.45) is 0.305. The standard InChI is InChI=1S/C10H7ClF3NO2S2/c1-2-6-3-4-8(18-10(12,13)14)9(7(6)5-15)19(11,16)17/h3-4H,2H2,1H3. The van der Waals surface area contributed by atoms with Gasteiger partial charge in [-0.15, -0.1) is 0 Å². The van der Waals surface area contributed by atoms with Gasteiger partial charge in [0, 0.05) is 15.6 Å². The Morgan fingerprint density at radius 2 is 2.00 bits per heavy atom. The lowest BCUT2D eigenvalue weighted by Gasteiger charge is -2.12. The van der Waals surface area contributed by atoms with Gasteiger partial charge >= 0.3 is 5.51 Å². The molecule has 0 unspecified atom stereocenters. The van der Waals surface area contributed by atoms with Gasteiger partial charge < -0.3 is 0 Å². The van der Waals surface area contributed by atoms with Gasteiger partial charge in [-0.25, -0.2) is 8.42 Å². The fraction of sp³-hybridized carbons (Fsp3) is 0.300.